The third-order valence-corrected chi connectivity index (χ3v) is 7.17. The molecule has 2 heterocycles. The highest BCUT2D eigenvalue weighted by Gasteiger charge is 2.65. The number of likely N-dealkylation sites (N-methyl/N-ethyl adjacent to an activating group) is 1. The van der Waals surface area contributed by atoms with Crippen molar-refractivity contribution in [2.24, 2.45) is 11.8 Å². The quantitative estimate of drug-likeness (QED) is 0.606. The molecule has 0 N–H and O–H groups in total. The molecule has 5 rings (SSSR count). The molecular formula is C22H27NO4. The molecule has 5 heteroatoms. The van der Waals surface area contributed by atoms with Gasteiger partial charge in [-0.25, -0.2) is 0 Å². The maximum Gasteiger partial charge on any atom is 0.311 e. The van der Waals surface area contributed by atoms with Crippen LogP contribution in [0.3, 0.4) is 0 Å². The summed E-state index contributed by atoms with van der Waals surface area (Å²) in [5.74, 6) is 1.81. The van der Waals surface area contributed by atoms with E-state index in [9.17, 15) is 9.59 Å². The summed E-state index contributed by atoms with van der Waals surface area (Å²) in [5.41, 5.74) is 2.21. The summed E-state index contributed by atoms with van der Waals surface area (Å²) in [6.45, 7) is 4.97. The second-order valence-corrected chi connectivity index (χ2v) is 9.15. The number of ketones is 1. The first kappa shape index (κ1) is 17.2. The molecule has 1 aromatic rings. The molecule has 1 spiro atoms. The minimum Gasteiger partial charge on any atom is -0.477 e. The molecule has 1 saturated heterocycles. The highest BCUT2D eigenvalue weighted by Crippen LogP contribution is 2.63. The third-order valence-electron chi connectivity index (χ3n) is 7.17. The first-order valence-electron chi connectivity index (χ1n) is 10.2. The molecule has 144 valence electrons. The number of piperidine rings is 1. The van der Waals surface area contributed by atoms with Crippen LogP contribution < -0.4 is 9.47 Å². The summed E-state index contributed by atoms with van der Waals surface area (Å²) in [6.07, 6.45) is 3.41. The van der Waals surface area contributed by atoms with Crippen LogP contribution in [0, 0.1) is 11.8 Å². The van der Waals surface area contributed by atoms with Crippen LogP contribution in [-0.2, 0) is 21.4 Å². The summed E-state index contributed by atoms with van der Waals surface area (Å²) in [5, 5.41) is 0. The normalized spacial score (nSPS) is 33.6. The number of Topliss-reactive ketones (excluding diaryl/α,β-unsaturated/α-hetero) is 1. The summed E-state index contributed by atoms with van der Waals surface area (Å²) >= 11 is 0. The molecule has 2 bridgehead atoms. The monoisotopic (exact) mass is 369 g/mol. The molecule has 5 nitrogen and oxygen atoms in total. The van der Waals surface area contributed by atoms with Crippen LogP contribution in [0.2, 0.25) is 0 Å². The molecule has 2 aliphatic heterocycles. The van der Waals surface area contributed by atoms with Crippen LogP contribution in [0.1, 0.15) is 50.7 Å². The fraction of sp³-hybridized carbons (Fsp3) is 0.636. The van der Waals surface area contributed by atoms with Gasteiger partial charge in [-0.3, -0.25) is 9.59 Å². The van der Waals surface area contributed by atoms with Crippen molar-refractivity contribution >= 4 is 11.8 Å². The molecule has 27 heavy (non-hydrogen) atoms. The highest BCUT2D eigenvalue weighted by atomic mass is 16.6. The van der Waals surface area contributed by atoms with Gasteiger partial charge < -0.3 is 14.4 Å². The van der Waals surface area contributed by atoms with Gasteiger partial charge in [-0.15, -0.1) is 0 Å². The fourth-order valence-corrected chi connectivity index (χ4v) is 6.09. The predicted molar refractivity (Wildman–Crippen MR) is 100 cm³/mol. The van der Waals surface area contributed by atoms with Crippen LogP contribution in [0.4, 0.5) is 0 Å². The van der Waals surface area contributed by atoms with Crippen molar-refractivity contribution in [3.05, 3.63) is 23.3 Å². The van der Waals surface area contributed by atoms with Gasteiger partial charge in [0.1, 0.15) is 0 Å². The lowest BCUT2D eigenvalue weighted by atomic mass is 9.52. The maximum absolute atomic E-state index is 12.8. The first-order valence-corrected chi connectivity index (χ1v) is 10.2. The van der Waals surface area contributed by atoms with Gasteiger partial charge in [0.05, 0.1) is 0 Å². The maximum atomic E-state index is 12.8. The number of likely N-dealkylation sites (tertiary alicyclic amines) is 1. The van der Waals surface area contributed by atoms with Crippen molar-refractivity contribution in [1.82, 2.24) is 4.90 Å². The first-order chi connectivity index (χ1) is 12.9. The molecule has 2 aliphatic carbocycles. The smallest absolute Gasteiger partial charge is 0.311 e. The van der Waals surface area contributed by atoms with Crippen LogP contribution in [-0.4, -0.2) is 42.4 Å². The van der Waals surface area contributed by atoms with E-state index < -0.39 is 6.10 Å². The number of rotatable bonds is 3. The Balaban J connectivity index is 1.62. The van der Waals surface area contributed by atoms with Crippen LogP contribution >= 0.6 is 0 Å². The number of carbonyl (C=O) groups excluding carboxylic acids is 2. The van der Waals surface area contributed by atoms with E-state index in [4.69, 9.17) is 9.47 Å². The summed E-state index contributed by atoms with van der Waals surface area (Å²) < 4.78 is 12.0. The number of carbonyl (C=O) groups is 2. The molecule has 0 radical (unpaired) electrons. The lowest BCUT2D eigenvalue weighted by molar-refractivity contribution is -0.138. The molecule has 1 saturated carbocycles. The van der Waals surface area contributed by atoms with Gasteiger partial charge >= 0.3 is 5.97 Å². The van der Waals surface area contributed by atoms with E-state index in [-0.39, 0.29) is 23.1 Å². The lowest BCUT2D eigenvalue weighted by Crippen LogP contribution is -2.65. The summed E-state index contributed by atoms with van der Waals surface area (Å²) in [4.78, 5) is 27.6. The van der Waals surface area contributed by atoms with Crippen molar-refractivity contribution in [1.29, 1.82) is 0 Å². The minimum absolute atomic E-state index is 0.207. The largest absolute Gasteiger partial charge is 0.477 e. The van der Waals surface area contributed by atoms with Crippen LogP contribution in [0.25, 0.3) is 0 Å². The zero-order valence-corrected chi connectivity index (χ0v) is 16.3. The Kier molecular flexibility index (Phi) is 3.71. The number of hydrogen-bond acceptors (Lipinski definition) is 5. The van der Waals surface area contributed by atoms with Crippen molar-refractivity contribution in [3.63, 3.8) is 0 Å². The Bertz CT molecular complexity index is 832. The van der Waals surface area contributed by atoms with Gasteiger partial charge in [-0.1, -0.05) is 19.9 Å². The Morgan fingerprint density at radius 1 is 1.41 bits per heavy atom. The van der Waals surface area contributed by atoms with Gasteiger partial charge in [0, 0.05) is 29.9 Å². The molecule has 0 aromatic heterocycles. The SMILES string of the molecule is CC(C)CC(=O)Oc1ccc2c3c1O[C@H]1C(=O)CCC4[C@@H](C2)N(C)CC[C@@]341. The summed E-state index contributed by atoms with van der Waals surface area (Å²) in [6, 6.07) is 4.41. The van der Waals surface area contributed by atoms with Crippen molar-refractivity contribution in [2.45, 2.75) is 63.5 Å². The Hall–Kier alpha value is -1.88. The van der Waals surface area contributed by atoms with E-state index in [1.165, 1.54) is 11.1 Å². The van der Waals surface area contributed by atoms with Gasteiger partial charge in [0.25, 0.3) is 0 Å². The van der Waals surface area contributed by atoms with Crippen LogP contribution in [0.5, 0.6) is 11.5 Å². The molecule has 4 aliphatic rings. The van der Waals surface area contributed by atoms with Crippen LogP contribution in [0.15, 0.2) is 12.1 Å². The molecule has 2 fully saturated rings. The number of ether oxygens (including phenoxy) is 2. The van der Waals surface area contributed by atoms with Gasteiger partial charge in [0.2, 0.25) is 0 Å². The number of nitrogens with zero attached hydrogens (tertiary/aromatic N) is 1. The number of benzene rings is 1. The highest BCUT2D eigenvalue weighted by molar-refractivity contribution is 5.89. The second-order valence-electron chi connectivity index (χ2n) is 9.15. The zero-order valence-electron chi connectivity index (χ0n) is 16.3. The van der Waals surface area contributed by atoms with E-state index >= 15 is 0 Å². The third kappa shape index (κ3) is 2.27. The van der Waals surface area contributed by atoms with Crippen molar-refractivity contribution in [3.8, 4) is 11.5 Å². The van der Waals surface area contributed by atoms with Gasteiger partial charge in [0.15, 0.2) is 23.4 Å². The summed E-state index contributed by atoms with van der Waals surface area (Å²) in [7, 11) is 2.20. The topological polar surface area (TPSA) is 55.8 Å². The molecular weight excluding hydrogens is 342 g/mol. The van der Waals surface area contributed by atoms with Gasteiger partial charge in [-0.2, -0.15) is 0 Å². The Morgan fingerprint density at radius 3 is 3.00 bits per heavy atom. The average molecular weight is 369 g/mol. The lowest BCUT2D eigenvalue weighted by Gasteiger charge is -2.57. The van der Waals surface area contributed by atoms with E-state index in [0.717, 1.165) is 25.8 Å². The van der Waals surface area contributed by atoms with Gasteiger partial charge in [-0.05, 0) is 56.3 Å². The van der Waals surface area contributed by atoms with E-state index in [1.807, 2.05) is 19.9 Å². The number of hydrogen-bond donors (Lipinski definition) is 0. The molecule has 0 amide bonds. The minimum atomic E-state index is -0.411. The van der Waals surface area contributed by atoms with E-state index in [1.54, 1.807) is 0 Å². The van der Waals surface area contributed by atoms with E-state index in [0.29, 0.717) is 36.3 Å². The standard InChI is InChI=1S/C22H27NO4/c1-12(2)10-18(25)26-17-7-4-13-11-15-14-5-6-16(24)21-22(14,8-9-23(15)3)19(13)20(17)27-21/h4,7,12,14-15,21H,5-6,8-11H2,1-3H3/t14?,15-,21+,22+/m1/s1. The fourth-order valence-electron chi connectivity index (χ4n) is 6.09. The molecule has 1 aromatic carbocycles. The Labute approximate surface area is 160 Å². The molecule has 1 unspecified atom stereocenters. The molecule has 4 atom stereocenters. The predicted octanol–water partition coefficient (Wildman–Crippen LogP) is 2.88. The Morgan fingerprint density at radius 2 is 2.22 bits per heavy atom. The van der Waals surface area contributed by atoms with E-state index in [2.05, 4.69) is 18.0 Å². The number of esters is 1. The van der Waals surface area contributed by atoms with Crippen molar-refractivity contribution in [2.75, 3.05) is 13.6 Å². The van der Waals surface area contributed by atoms with Crippen molar-refractivity contribution < 1.29 is 19.1 Å². The second kappa shape index (κ2) is 5.81. The zero-order chi connectivity index (χ0) is 18.9. The average Bonchev–Trinajstić information content (AvgIpc) is 2.96.